The Morgan fingerprint density at radius 2 is 1.84 bits per heavy atom. The van der Waals surface area contributed by atoms with Crippen molar-refractivity contribution in [1.82, 2.24) is 4.98 Å². The Kier molecular flexibility index (Phi) is 2.23. The molecular formula is C16H12N2S. The number of nitrogens with two attached hydrogens (primary N) is 1. The molecule has 19 heavy (non-hydrogen) atoms. The number of fused-ring (bicyclic) bond motifs is 3. The van der Waals surface area contributed by atoms with Crippen LogP contribution in [0.3, 0.4) is 0 Å². The third-order valence-corrected chi connectivity index (χ3v) is 4.29. The van der Waals surface area contributed by atoms with Gasteiger partial charge in [-0.05, 0) is 34.7 Å². The van der Waals surface area contributed by atoms with E-state index in [9.17, 15) is 0 Å². The molecule has 2 N–H and O–H groups in total. The second kappa shape index (κ2) is 3.93. The molecule has 3 heteroatoms. The van der Waals surface area contributed by atoms with Crippen molar-refractivity contribution in [2.24, 2.45) is 0 Å². The van der Waals surface area contributed by atoms with Crippen LogP contribution in [0.4, 0.5) is 5.13 Å². The molecule has 0 unspecified atom stereocenters. The standard InChI is InChI=1S/C16H12N2S/c17-16-18-15(9-19-16)12-6-5-11-7-10-3-1-2-4-13(10)14(11)8-12/h1-6,8-9H,7H2,(H2,17,18). The van der Waals surface area contributed by atoms with Crippen LogP contribution in [0.1, 0.15) is 11.1 Å². The van der Waals surface area contributed by atoms with Gasteiger partial charge in [-0.2, -0.15) is 0 Å². The average molecular weight is 264 g/mol. The van der Waals surface area contributed by atoms with Gasteiger partial charge in [0.25, 0.3) is 0 Å². The van der Waals surface area contributed by atoms with E-state index < -0.39 is 0 Å². The van der Waals surface area contributed by atoms with Gasteiger partial charge in [-0.15, -0.1) is 11.3 Å². The highest BCUT2D eigenvalue weighted by Gasteiger charge is 2.18. The van der Waals surface area contributed by atoms with Crippen molar-refractivity contribution in [2.45, 2.75) is 6.42 Å². The Morgan fingerprint density at radius 1 is 1.00 bits per heavy atom. The zero-order chi connectivity index (χ0) is 12.8. The fourth-order valence-corrected chi connectivity index (χ4v) is 3.28. The number of rotatable bonds is 1. The molecule has 1 aliphatic rings. The Labute approximate surface area is 115 Å². The Morgan fingerprint density at radius 3 is 2.68 bits per heavy atom. The summed E-state index contributed by atoms with van der Waals surface area (Å²) in [6, 6.07) is 15.2. The quantitative estimate of drug-likeness (QED) is 0.565. The molecule has 0 atom stereocenters. The van der Waals surface area contributed by atoms with Crippen LogP contribution in [0.2, 0.25) is 0 Å². The minimum absolute atomic E-state index is 0.621. The van der Waals surface area contributed by atoms with E-state index in [0.29, 0.717) is 5.13 Å². The van der Waals surface area contributed by atoms with Gasteiger partial charge >= 0.3 is 0 Å². The van der Waals surface area contributed by atoms with Gasteiger partial charge in [0.15, 0.2) is 5.13 Å². The summed E-state index contributed by atoms with van der Waals surface area (Å²) in [5.74, 6) is 0. The smallest absolute Gasteiger partial charge is 0.180 e. The Hall–Kier alpha value is -2.13. The van der Waals surface area contributed by atoms with E-state index in [2.05, 4.69) is 47.4 Å². The van der Waals surface area contributed by atoms with E-state index >= 15 is 0 Å². The van der Waals surface area contributed by atoms with Gasteiger partial charge in [0.1, 0.15) is 0 Å². The van der Waals surface area contributed by atoms with E-state index in [-0.39, 0.29) is 0 Å². The molecule has 0 spiro atoms. The minimum atomic E-state index is 0.621. The van der Waals surface area contributed by atoms with Crippen molar-refractivity contribution in [1.29, 1.82) is 0 Å². The first-order valence-electron chi connectivity index (χ1n) is 6.24. The van der Waals surface area contributed by atoms with Gasteiger partial charge in [0, 0.05) is 10.9 Å². The summed E-state index contributed by atoms with van der Waals surface area (Å²) >= 11 is 1.48. The van der Waals surface area contributed by atoms with E-state index in [0.717, 1.165) is 17.7 Å². The van der Waals surface area contributed by atoms with Gasteiger partial charge in [-0.3, -0.25) is 0 Å². The molecule has 0 aliphatic heterocycles. The normalized spacial score (nSPS) is 12.2. The first-order chi connectivity index (χ1) is 9.31. The van der Waals surface area contributed by atoms with E-state index in [1.54, 1.807) is 0 Å². The van der Waals surface area contributed by atoms with Crippen LogP contribution in [0.5, 0.6) is 0 Å². The molecule has 0 amide bonds. The summed E-state index contributed by atoms with van der Waals surface area (Å²) in [6.45, 7) is 0. The molecule has 2 nitrogen and oxygen atoms in total. The monoisotopic (exact) mass is 264 g/mol. The maximum Gasteiger partial charge on any atom is 0.180 e. The van der Waals surface area contributed by atoms with Crippen molar-refractivity contribution < 1.29 is 0 Å². The molecule has 1 aromatic heterocycles. The second-order valence-electron chi connectivity index (χ2n) is 4.78. The van der Waals surface area contributed by atoms with Gasteiger partial charge in [0.05, 0.1) is 5.69 Å². The van der Waals surface area contributed by atoms with Crippen LogP contribution in [-0.2, 0) is 6.42 Å². The predicted octanol–water partition coefficient (Wildman–Crippen LogP) is 3.96. The maximum atomic E-state index is 5.71. The lowest BCUT2D eigenvalue weighted by molar-refractivity contribution is 1.26. The molecule has 0 saturated heterocycles. The largest absolute Gasteiger partial charge is 0.375 e. The first kappa shape index (κ1) is 10.8. The summed E-state index contributed by atoms with van der Waals surface area (Å²) in [7, 11) is 0. The van der Waals surface area contributed by atoms with Crippen LogP contribution in [0.25, 0.3) is 22.4 Å². The molecule has 3 aromatic rings. The van der Waals surface area contributed by atoms with Crippen molar-refractivity contribution in [2.75, 3.05) is 5.73 Å². The third-order valence-electron chi connectivity index (χ3n) is 3.62. The number of benzene rings is 2. The molecular weight excluding hydrogens is 252 g/mol. The molecule has 1 heterocycles. The molecule has 0 bridgehead atoms. The molecule has 0 saturated carbocycles. The number of thiazole rings is 1. The third kappa shape index (κ3) is 1.66. The average Bonchev–Trinajstić information content (AvgIpc) is 3.01. The van der Waals surface area contributed by atoms with Gasteiger partial charge in [0.2, 0.25) is 0 Å². The predicted molar refractivity (Wildman–Crippen MR) is 80.2 cm³/mol. The van der Waals surface area contributed by atoms with Crippen LogP contribution in [-0.4, -0.2) is 4.98 Å². The lowest BCUT2D eigenvalue weighted by atomic mass is 10.0. The molecule has 2 aromatic carbocycles. The molecule has 92 valence electrons. The van der Waals surface area contributed by atoms with Crippen LogP contribution < -0.4 is 5.73 Å². The van der Waals surface area contributed by atoms with Crippen molar-refractivity contribution in [3.63, 3.8) is 0 Å². The lowest BCUT2D eigenvalue weighted by Gasteiger charge is -2.03. The first-order valence-corrected chi connectivity index (χ1v) is 7.12. The number of aromatic nitrogens is 1. The fourth-order valence-electron chi connectivity index (χ4n) is 2.70. The number of hydrogen-bond donors (Lipinski definition) is 1. The van der Waals surface area contributed by atoms with Crippen LogP contribution >= 0.6 is 11.3 Å². The van der Waals surface area contributed by atoms with Crippen molar-refractivity contribution in [3.05, 3.63) is 59.0 Å². The van der Waals surface area contributed by atoms with Crippen LogP contribution in [0, 0.1) is 0 Å². The van der Waals surface area contributed by atoms with Gasteiger partial charge in [-0.25, -0.2) is 4.98 Å². The summed E-state index contributed by atoms with van der Waals surface area (Å²) in [5.41, 5.74) is 13.3. The second-order valence-corrected chi connectivity index (χ2v) is 5.67. The SMILES string of the molecule is Nc1nc(-c2ccc3c(c2)-c2ccccc2C3)cs1. The molecule has 0 fully saturated rings. The number of nitrogen functional groups attached to an aromatic ring is 1. The number of anilines is 1. The van der Waals surface area contributed by atoms with E-state index in [4.69, 9.17) is 5.73 Å². The molecule has 0 radical (unpaired) electrons. The van der Waals surface area contributed by atoms with Crippen LogP contribution in [0.15, 0.2) is 47.8 Å². The van der Waals surface area contributed by atoms with Gasteiger partial charge in [-0.1, -0.05) is 36.4 Å². The Bertz CT molecular complexity index is 774. The highest BCUT2D eigenvalue weighted by molar-refractivity contribution is 7.13. The fraction of sp³-hybridized carbons (Fsp3) is 0.0625. The maximum absolute atomic E-state index is 5.71. The Balaban J connectivity index is 1.88. The lowest BCUT2D eigenvalue weighted by Crippen LogP contribution is -1.85. The topological polar surface area (TPSA) is 38.9 Å². The highest BCUT2D eigenvalue weighted by Crippen LogP contribution is 2.38. The summed E-state index contributed by atoms with van der Waals surface area (Å²) < 4.78 is 0. The minimum Gasteiger partial charge on any atom is -0.375 e. The van der Waals surface area contributed by atoms with Crippen molar-refractivity contribution in [3.8, 4) is 22.4 Å². The summed E-state index contributed by atoms with van der Waals surface area (Å²) in [4.78, 5) is 4.36. The zero-order valence-electron chi connectivity index (χ0n) is 10.3. The summed E-state index contributed by atoms with van der Waals surface area (Å²) in [5, 5.41) is 2.63. The van der Waals surface area contributed by atoms with E-state index in [1.165, 1.54) is 33.6 Å². The molecule has 4 rings (SSSR count). The van der Waals surface area contributed by atoms with Crippen molar-refractivity contribution >= 4 is 16.5 Å². The number of hydrogen-bond acceptors (Lipinski definition) is 3. The summed E-state index contributed by atoms with van der Waals surface area (Å²) in [6.07, 6.45) is 1.03. The van der Waals surface area contributed by atoms with Gasteiger partial charge < -0.3 is 5.73 Å². The highest BCUT2D eigenvalue weighted by atomic mass is 32.1. The zero-order valence-corrected chi connectivity index (χ0v) is 11.1. The molecule has 1 aliphatic carbocycles. The number of nitrogens with zero attached hydrogens (tertiary/aromatic N) is 1. The van der Waals surface area contributed by atoms with E-state index in [1.807, 2.05) is 5.38 Å².